The highest BCUT2D eigenvalue weighted by atomic mass is 16.4. The van der Waals surface area contributed by atoms with Crippen molar-refractivity contribution in [3.8, 4) is 0 Å². The summed E-state index contributed by atoms with van der Waals surface area (Å²) in [6.45, 7) is 0.244. The molecule has 2 aromatic carbocycles. The largest absolute Gasteiger partial charge is 0.481 e. The first-order valence-electron chi connectivity index (χ1n) is 16.9. The summed E-state index contributed by atoms with van der Waals surface area (Å²) in [6.07, 6.45) is 1.95. The van der Waals surface area contributed by atoms with E-state index >= 15 is 0 Å². The lowest BCUT2D eigenvalue weighted by Gasteiger charge is -2.30. The maximum absolute atomic E-state index is 13.8. The molecule has 1 fully saturated rings. The van der Waals surface area contributed by atoms with Crippen molar-refractivity contribution in [2.24, 2.45) is 22.2 Å². The van der Waals surface area contributed by atoms with E-state index in [1.54, 1.807) is 36.5 Å². The topological polar surface area (TPSA) is 288 Å². The van der Waals surface area contributed by atoms with Gasteiger partial charge in [0.05, 0.1) is 12.5 Å². The smallest absolute Gasteiger partial charge is 0.326 e. The molecule has 0 unspecified atom stereocenters. The first-order valence-corrected chi connectivity index (χ1v) is 16.9. The number of nitrogens with one attached hydrogen (secondary N) is 4. The second-order valence-electron chi connectivity index (χ2n) is 12.6. The number of guanidine groups is 1. The number of aliphatic imine (C=N–C) groups is 1. The number of carboxylic acids is 2. The van der Waals surface area contributed by atoms with E-state index in [1.807, 2.05) is 24.3 Å². The van der Waals surface area contributed by atoms with Gasteiger partial charge in [-0.25, -0.2) is 4.79 Å². The van der Waals surface area contributed by atoms with E-state index in [0.29, 0.717) is 12.0 Å². The molecule has 278 valence electrons. The lowest BCUT2D eigenvalue weighted by atomic mass is 10.0. The number of para-hydroxylation sites is 1. The average Bonchev–Trinajstić information content (AvgIpc) is 3.76. The van der Waals surface area contributed by atoms with Crippen LogP contribution in [0.3, 0.4) is 0 Å². The number of benzene rings is 2. The SMILES string of the molecule is NC(N)=NCCC[C@H](NC(=O)[C@H](Cc1ccccc1)NC(=O)[C@@H]1CCCN1C(=O)[C@H](CC(=O)O)NC(=O)[C@@H](N)Cc1c[nH]c2ccccc12)C(=O)O. The molecule has 1 saturated heterocycles. The number of hydrogen-bond donors (Lipinski definition) is 9. The second-order valence-corrected chi connectivity index (χ2v) is 12.6. The van der Waals surface area contributed by atoms with Gasteiger partial charge in [0, 0.05) is 36.6 Å². The normalized spacial score (nSPS) is 16.2. The molecule has 4 amide bonds. The zero-order chi connectivity index (χ0) is 37.8. The summed E-state index contributed by atoms with van der Waals surface area (Å²) in [7, 11) is 0. The van der Waals surface area contributed by atoms with Crippen LogP contribution in [0.2, 0.25) is 0 Å². The van der Waals surface area contributed by atoms with Crippen LogP contribution in [0.15, 0.2) is 65.8 Å². The van der Waals surface area contributed by atoms with E-state index in [9.17, 15) is 39.0 Å². The number of amides is 4. The van der Waals surface area contributed by atoms with Crippen LogP contribution in [-0.2, 0) is 41.6 Å². The summed E-state index contributed by atoms with van der Waals surface area (Å²) >= 11 is 0. The molecule has 52 heavy (non-hydrogen) atoms. The van der Waals surface area contributed by atoms with E-state index in [1.165, 1.54) is 4.90 Å². The molecule has 0 aliphatic carbocycles. The summed E-state index contributed by atoms with van der Waals surface area (Å²) in [4.78, 5) is 86.1. The number of H-pyrrole nitrogens is 1. The van der Waals surface area contributed by atoms with Crippen molar-refractivity contribution in [1.82, 2.24) is 25.8 Å². The molecular weight excluding hydrogens is 674 g/mol. The van der Waals surface area contributed by atoms with Gasteiger partial charge in [0.25, 0.3) is 0 Å². The summed E-state index contributed by atoms with van der Waals surface area (Å²) in [6, 6.07) is 9.93. The van der Waals surface area contributed by atoms with Gasteiger partial charge in [-0.1, -0.05) is 48.5 Å². The number of fused-ring (bicyclic) bond motifs is 1. The number of aromatic nitrogens is 1. The summed E-state index contributed by atoms with van der Waals surface area (Å²) in [5, 5.41) is 27.9. The fourth-order valence-electron chi connectivity index (χ4n) is 6.15. The molecule has 0 radical (unpaired) electrons. The van der Waals surface area contributed by atoms with Crippen LogP contribution in [0.1, 0.15) is 43.2 Å². The molecule has 17 nitrogen and oxygen atoms in total. The third-order valence-corrected chi connectivity index (χ3v) is 8.76. The molecule has 1 aliphatic heterocycles. The molecule has 0 saturated carbocycles. The van der Waals surface area contributed by atoms with Crippen LogP contribution in [0.5, 0.6) is 0 Å². The highest BCUT2D eigenvalue weighted by molar-refractivity contribution is 5.97. The molecule has 4 rings (SSSR count). The van der Waals surface area contributed by atoms with Crippen molar-refractivity contribution in [3.63, 3.8) is 0 Å². The minimum Gasteiger partial charge on any atom is -0.481 e. The van der Waals surface area contributed by atoms with Gasteiger partial charge in [-0.15, -0.1) is 0 Å². The Kier molecular flexibility index (Phi) is 13.7. The van der Waals surface area contributed by atoms with Crippen molar-refractivity contribution < 1.29 is 39.0 Å². The minimum atomic E-state index is -1.52. The van der Waals surface area contributed by atoms with E-state index in [0.717, 1.165) is 16.5 Å². The fourth-order valence-corrected chi connectivity index (χ4v) is 6.15. The van der Waals surface area contributed by atoms with Gasteiger partial charge in [0.1, 0.15) is 24.2 Å². The Morgan fingerprint density at radius 1 is 0.885 bits per heavy atom. The number of aromatic amines is 1. The first kappa shape index (κ1) is 38.8. The van der Waals surface area contributed by atoms with E-state index in [-0.39, 0.29) is 51.2 Å². The molecular formula is C35H45N9O8. The number of carbonyl (C=O) groups is 6. The highest BCUT2D eigenvalue weighted by Crippen LogP contribution is 2.21. The van der Waals surface area contributed by atoms with Crippen LogP contribution < -0.4 is 33.2 Å². The van der Waals surface area contributed by atoms with Crippen molar-refractivity contribution >= 4 is 52.4 Å². The summed E-state index contributed by atoms with van der Waals surface area (Å²) in [5.74, 6) is -5.78. The van der Waals surface area contributed by atoms with Crippen molar-refractivity contribution in [3.05, 3.63) is 71.9 Å². The van der Waals surface area contributed by atoms with Crippen LogP contribution >= 0.6 is 0 Å². The molecule has 17 heteroatoms. The van der Waals surface area contributed by atoms with Crippen molar-refractivity contribution in [2.75, 3.05) is 13.1 Å². The average molecular weight is 720 g/mol. The van der Waals surface area contributed by atoms with Crippen LogP contribution in [0.25, 0.3) is 10.9 Å². The molecule has 5 atom stereocenters. The number of hydrogen-bond acceptors (Lipinski definition) is 8. The molecule has 3 aromatic rings. The third-order valence-electron chi connectivity index (χ3n) is 8.76. The van der Waals surface area contributed by atoms with Gasteiger partial charge >= 0.3 is 11.9 Å². The van der Waals surface area contributed by atoms with Crippen LogP contribution in [-0.4, -0.2) is 105 Å². The van der Waals surface area contributed by atoms with Gasteiger partial charge in [-0.2, -0.15) is 0 Å². The lowest BCUT2D eigenvalue weighted by Crippen LogP contribution is -2.58. The highest BCUT2D eigenvalue weighted by Gasteiger charge is 2.40. The van der Waals surface area contributed by atoms with Gasteiger partial charge in [0.2, 0.25) is 23.6 Å². The maximum atomic E-state index is 13.8. The van der Waals surface area contributed by atoms with Gasteiger partial charge < -0.3 is 53.2 Å². The zero-order valence-electron chi connectivity index (χ0n) is 28.5. The number of aliphatic carboxylic acids is 2. The Balaban J connectivity index is 1.46. The van der Waals surface area contributed by atoms with Crippen molar-refractivity contribution in [2.45, 2.75) is 75.2 Å². The lowest BCUT2D eigenvalue weighted by molar-refractivity contribution is -0.146. The Morgan fingerprint density at radius 3 is 2.27 bits per heavy atom. The van der Waals surface area contributed by atoms with Crippen molar-refractivity contribution in [1.29, 1.82) is 0 Å². The predicted molar refractivity (Wildman–Crippen MR) is 190 cm³/mol. The zero-order valence-corrected chi connectivity index (χ0v) is 28.5. The summed E-state index contributed by atoms with van der Waals surface area (Å²) < 4.78 is 0. The number of likely N-dealkylation sites (tertiary alicyclic amines) is 1. The first-order chi connectivity index (χ1) is 24.8. The number of nitrogens with zero attached hydrogens (tertiary/aromatic N) is 2. The molecule has 1 aromatic heterocycles. The summed E-state index contributed by atoms with van der Waals surface area (Å²) in [5.41, 5.74) is 19.1. The van der Waals surface area contributed by atoms with Crippen LogP contribution in [0, 0.1) is 0 Å². The third kappa shape index (κ3) is 10.8. The molecule has 0 bridgehead atoms. The number of rotatable bonds is 18. The van der Waals surface area contributed by atoms with Crippen LogP contribution in [0.4, 0.5) is 0 Å². The monoisotopic (exact) mass is 719 g/mol. The Labute approximate surface area is 299 Å². The fraction of sp³-hybridized carbons (Fsp3) is 0.400. The maximum Gasteiger partial charge on any atom is 0.326 e. The quantitative estimate of drug-likeness (QED) is 0.0452. The van der Waals surface area contributed by atoms with Gasteiger partial charge in [-0.3, -0.25) is 29.0 Å². The predicted octanol–water partition coefficient (Wildman–Crippen LogP) is -0.661. The Hall–Kier alpha value is -5.97. The van der Waals surface area contributed by atoms with E-state index in [4.69, 9.17) is 17.2 Å². The Morgan fingerprint density at radius 2 is 1.58 bits per heavy atom. The number of carboxylic acid groups (broad SMARTS) is 2. The van der Waals surface area contributed by atoms with E-state index in [2.05, 4.69) is 25.9 Å². The second kappa shape index (κ2) is 18.3. The van der Waals surface area contributed by atoms with E-state index < -0.39 is 72.2 Å². The van der Waals surface area contributed by atoms with Gasteiger partial charge in [-0.05, 0) is 49.3 Å². The minimum absolute atomic E-state index is 0.00539. The molecule has 2 heterocycles. The Bertz CT molecular complexity index is 1780. The molecule has 12 N–H and O–H groups in total. The molecule has 1 aliphatic rings. The van der Waals surface area contributed by atoms with Gasteiger partial charge in [0.15, 0.2) is 5.96 Å². The molecule has 0 spiro atoms. The number of carbonyl (C=O) groups excluding carboxylic acids is 4. The number of nitrogens with two attached hydrogens (primary N) is 3. The standard InChI is InChI=1S/C35H45N9O8/c36-23(17-21-19-40-24-11-5-4-10-22(21)24)30(47)43-27(18-29(45)46)33(50)44-15-7-13-28(44)32(49)42-26(16-20-8-2-1-3-9-20)31(48)41-25(34(51)52)12-6-14-39-35(37)38/h1-5,8-11,19,23,25-28,40H,6-7,12-18,36H2,(H,41,48)(H,42,49)(H,43,47)(H,45,46)(H,51,52)(H4,37,38,39)/t23-,25-,26-,27-,28-/m0/s1.